The van der Waals surface area contributed by atoms with E-state index in [-0.39, 0.29) is 30.3 Å². The number of carboxylic acid groups (broad SMARTS) is 1. The number of nitrogens with zero attached hydrogens (tertiary/aromatic N) is 1. The number of hydrogen-bond acceptors (Lipinski definition) is 3. The molecule has 134 valence electrons. The van der Waals surface area contributed by atoms with Crippen molar-refractivity contribution in [1.82, 2.24) is 0 Å². The molecule has 0 aliphatic carbocycles. The molecule has 1 aliphatic heterocycles. The van der Waals surface area contributed by atoms with E-state index in [9.17, 15) is 14.4 Å². The SMILES string of the molecule is Cc1c(Cl)cccc1N1C[C@@H](C(=O)Nc2cccc(C(=O)O)c2)CC1=O. The van der Waals surface area contributed by atoms with Crippen molar-refractivity contribution >= 4 is 40.8 Å². The Morgan fingerprint density at radius 1 is 1.23 bits per heavy atom. The molecule has 26 heavy (non-hydrogen) atoms. The summed E-state index contributed by atoms with van der Waals surface area (Å²) in [7, 11) is 0. The van der Waals surface area contributed by atoms with E-state index >= 15 is 0 Å². The zero-order valence-corrected chi connectivity index (χ0v) is 14.8. The predicted molar refractivity (Wildman–Crippen MR) is 98.7 cm³/mol. The largest absolute Gasteiger partial charge is 0.478 e. The van der Waals surface area contributed by atoms with Crippen LogP contribution in [0.25, 0.3) is 0 Å². The van der Waals surface area contributed by atoms with Gasteiger partial charge in [0.1, 0.15) is 0 Å². The Morgan fingerprint density at radius 3 is 2.69 bits per heavy atom. The Kier molecular flexibility index (Phi) is 4.95. The van der Waals surface area contributed by atoms with Crippen LogP contribution in [0.15, 0.2) is 42.5 Å². The van der Waals surface area contributed by atoms with E-state index in [2.05, 4.69) is 5.32 Å². The second kappa shape index (κ2) is 7.17. The third-order valence-electron chi connectivity index (χ3n) is 4.40. The summed E-state index contributed by atoms with van der Waals surface area (Å²) in [5.74, 6) is -2.05. The Bertz CT molecular complexity index is 897. The summed E-state index contributed by atoms with van der Waals surface area (Å²) in [5.41, 5.74) is 1.96. The van der Waals surface area contributed by atoms with Gasteiger partial charge in [-0.3, -0.25) is 9.59 Å². The van der Waals surface area contributed by atoms with E-state index in [0.29, 0.717) is 16.4 Å². The minimum atomic E-state index is -1.07. The summed E-state index contributed by atoms with van der Waals surface area (Å²) in [4.78, 5) is 37.5. The summed E-state index contributed by atoms with van der Waals surface area (Å²) in [6.07, 6.45) is 0.0937. The monoisotopic (exact) mass is 372 g/mol. The molecule has 0 radical (unpaired) electrons. The number of carboxylic acids is 1. The maximum atomic E-state index is 12.5. The molecule has 0 spiro atoms. The van der Waals surface area contributed by atoms with Crippen molar-refractivity contribution in [3.05, 3.63) is 58.6 Å². The first-order chi connectivity index (χ1) is 12.4. The highest BCUT2D eigenvalue weighted by Gasteiger charge is 2.35. The van der Waals surface area contributed by atoms with Crippen molar-refractivity contribution < 1.29 is 19.5 Å². The number of nitrogens with one attached hydrogen (secondary N) is 1. The molecule has 1 saturated heterocycles. The van der Waals surface area contributed by atoms with E-state index < -0.39 is 11.9 Å². The van der Waals surface area contributed by atoms with Crippen LogP contribution in [0.5, 0.6) is 0 Å². The van der Waals surface area contributed by atoms with Gasteiger partial charge in [0.25, 0.3) is 0 Å². The molecule has 1 heterocycles. The lowest BCUT2D eigenvalue weighted by Gasteiger charge is -2.19. The van der Waals surface area contributed by atoms with Crippen LogP contribution in [0.1, 0.15) is 22.3 Å². The first-order valence-electron chi connectivity index (χ1n) is 8.06. The lowest BCUT2D eigenvalue weighted by molar-refractivity contribution is -0.122. The standard InChI is InChI=1S/C19H17ClN2O4/c1-11-15(20)6-3-7-16(11)22-10-13(9-17(22)23)18(24)21-14-5-2-4-12(8-14)19(25)26/h2-8,13H,9-10H2,1H3,(H,21,24)(H,25,26)/t13-/m0/s1. The van der Waals surface area contributed by atoms with Crippen LogP contribution in [-0.2, 0) is 9.59 Å². The number of amides is 2. The number of halogens is 1. The third kappa shape index (κ3) is 3.55. The summed E-state index contributed by atoms with van der Waals surface area (Å²) in [5, 5.41) is 12.3. The fourth-order valence-electron chi connectivity index (χ4n) is 2.98. The van der Waals surface area contributed by atoms with Gasteiger partial charge in [-0.25, -0.2) is 4.79 Å². The van der Waals surface area contributed by atoms with E-state index in [1.807, 2.05) is 6.92 Å². The Hall–Kier alpha value is -2.86. The number of benzene rings is 2. The first-order valence-corrected chi connectivity index (χ1v) is 8.44. The van der Waals surface area contributed by atoms with Gasteiger partial charge in [-0.1, -0.05) is 23.7 Å². The summed E-state index contributed by atoms with van der Waals surface area (Å²) in [6, 6.07) is 11.3. The zero-order valence-electron chi connectivity index (χ0n) is 14.0. The van der Waals surface area contributed by atoms with Crippen molar-refractivity contribution in [2.45, 2.75) is 13.3 Å². The number of hydrogen-bond donors (Lipinski definition) is 2. The maximum Gasteiger partial charge on any atom is 0.335 e. The lowest BCUT2D eigenvalue weighted by atomic mass is 10.1. The molecular weight excluding hydrogens is 356 g/mol. The average Bonchev–Trinajstić information content (AvgIpc) is 2.99. The molecule has 0 unspecified atom stereocenters. The van der Waals surface area contributed by atoms with Crippen LogP contribution in [0.2, 0.25) is 5.02 Å². The molecule has 3 rings (SSSR count). The Labute approximate surface area is 155 Å². The number of rotatable bonds is 4. The van der Waals surface area contributed by atoms with E-state index in [4.69, 9.17) is 16.7 Å². The number of aromatic carboxylic acids is 1. The third-order valence-corrected chi connectivity index (χ3v) is 4.81. The van der Waals surface area contributed by atoms with Gasteiger partial charge in [0.2, 0.25) is 11.8 Å². The van der Waals surface area contributed by atoms with Gasteiger partial charge in [0.05, 0.1) is 11.5 Å². The van der Waals surface area contributed by atoms with Crippen LogP contribution >= 0.6 is 11.6 Å². The molecule has 0 saturated carbocycles. The van der Waals surface area contributed by atoms with Crippen LogP contribution < -0.4 is 10.2 Å². The van der Waals surface area contributed by atoms with Gasteiger partial charge >= 0.3 is 5.97 Å². The highest BCUT2D eigenvalue weighted by atomic mass is 35.5. The van der Waals surface area contributed by atoms with Crippen molar-refractivity contribution in [1.29, 1.82) is 0 Å². The van der Waals surface area contributed by atoms with Gasteiger partial charge in [-0.2, -0.15) is 0 Å². The molecule has 2 amide bonds. The predicted octanol–water partition coefficient (Wildman–Crippen LogP) is 3.34. The van der Waals surface area contributed by atoms with Crippen LogP contribution in [0.4, 0.5) is 11.4 Å². The fraction of sp³-hybridized carbons (Fsp3) is 0.211. The quantitative estimate of drug-likeness (QED) is 0.861. The van der Waals surface area contributed by atoms with Crippen molar-refractivity contribution in [2.75, 3.05) is 16.8 Å². The van der Waals surface area contributed by atoms with Crippen LogP contribution in [0, 0.1) is 12.8 Å². The molecule has 0 bridgehead atoms. The normalized spacial score (nSPS) is 16.6. The van der Waals surface area contributed by atoms with E-state index in [1.54, 1.807) is 35.2 Å². The van der Waals surface area contributed by atoms with Gasteiger partial charge in [-0.15, -0.1) is 0 Å². The van der Waals surface area contributed by atoms with Gasteiger partial charge < -0.3 is 15.3 Å². The Balaban J connectivity index is 1.74. The first kappa shape index (κ1) is 17.9. The van der Waals surface area contributed by atoms with Crippen LogP contribution in [0.3, 0.4) is 0 Å². The molecule has 7 heteroatoms. The highest BCUT2D eigenvalue weighted by Crippen LogP contribution is 2.31. The number of carbonyl (C=O) groups is 3. The number of carbonyl (C=O) groups excluding carboxylic acids is 2. The smallest absolute Gasteiger partial charge is 0.335 e. The Morgan fingerprint density at radius 2 is 1.96 bits per heavy atom. The molecule has 2 aromatic carbocycles. The van der Waals surface area contributed by atoms with Crippen LogP contribution in [-0.4, -0.2) is 29.4 Å². The minimum Gasteiger partial charge on any atom is -0.478 e. The van der Waals surface area contributed by atoms with Crippen molar-refractivity contribution in [3.8, 4) is 0 Å². The summed E-state index contributed by atoms with van der Waals surface area (Å²) in [6.45, 7) is 2.08. The van der Waals surface area contributed by atoms with Crippen molar-refractivity contribution in [2.24, 2.45) is 5.92 Å². The minimum absolute atomic E-state index is 0.0847. The number of anilines is 2. The zero-order chi connectivity index (χ0) is 18.8. The second-order valence-electron chi connectivity index (χ2n) is 6.16. The molecule has 1 fully saturated rings. The lowest BCUT2D eigenvalue weighted by Crippen LogP contribution is -2.28. The molecule has 0 aromatic heterocycles. The van der Waals surface area contributed by atoms with Crippen molar-refractivity contribution in [3.63, 3.8) is 0 Å². The molecular formula is C19H17ClN2O4. The molecule has 1 atom stereocenters. The highest BCUT2D eigenvalue weighted by molar-refractivity contribution is 6.31. The summed E-state index contributed by atoms with van der Waals surface area (Å²) >= 11 is 6.12. The average molecular weight is 373 g/mol. The topological polar surface area (TPSA) is 86.7 Å². The molecule has 2 aromatic rings. The fourth-order valence-corrected chi connectivity index (χ4v) is 3.15. The molecule has 1 aliphatic rings. The van der Waals surface area contributed by atoms with E-state index in [0.717, 1.165) is 5.56 Å². The van der Waals surface area contributed by atoms with Gasteiger partial charge in [-0.05, 0) is 42.8 Å². The molecule has 2 N–H and O–H groups in total. The van der Waals surface area contributed by atoms with E-state index in [1.165, 1.54) is 12.1 Å². The maximum absolute atomic E-state index is 12.5. The van der Waals surface area contributed by atoms with Gasteiger partial charge in [0, 0.05) is 29.4 Å². The summed E-state index contributed by atoms with van der Waals surface area (Å²) < 4.78 is 0. The van der Waals surface area contributed by atoms with Gasteiger partial charge in [0.15, 0.2) is 0 Å². The second-order valence-corrected chi connectivity index (χ2v) is 6.57. The molecule has 6 nitrogen and oxygen atoms in total.